The Bertz CT molecular complexity index is 433. The molecule has 0 aliphatic heterocycles. The first-order chi connectivity index (χ1) is 7.82. The molecule has 0 aromatic heterocycles. The number of nitrogens with two attached hydrogens (primary N) is 1. The third-order valence-corrected chi connectivity index (χ3v) is 2.61. The molecule has 1 rings (SSSR count). The number of Topliss-reactive ketones (excluding diaryl/α,β-unsaturated/α-hetero) is 1. The fraction of sp³-hybridized carbons (Fsp3) is 0.462. The van der Waals surface area contributed by atoms with Crippen LogP contribution in [-0.4, -0.2) is 25.5 Å². The summed E-state index contributed by atoms with van der Waals surface area (Å²) in [4.78, 5) is 12.2. The van der Waals surface area contributed by atoms with Gasteiger partial charge >= 0.3 is 0 Å². The predicted octanol–water partition coefficient (Wildman–Crippen LogP) is 1.93. The van der Waals surface area contributed by atoms with Gasteiger partial charge in [-0.25, -0.2) is 0 Å². The minimum Gasteiger partial charge on any atom is -0.496 e. The molecule has 4 nitrogen and oxygen atoms in total. The Morgan fingerprint density at radius 2 is 1.82 bits per heavy atom. The van der Waals surface area contributed by atoms with E-state index in [0.717, 1.165) is 5.56 Å². The van der Waals surface area contributed by atoms with Gasteiger partial charge in [0.25, 0.3) is 0 Å². The molecular formula is C13H19NO3. The molecule has 0 aliphatic rings. The average molecular weight is 237 g/mol. The molecule has 0 saturated heterocycles. The maximum atomic E-state index is 12.2. The Kier molecular flexibility index (Phi) is 3.78. The van der Waals surface area contributed by atoms with Gasteiger partial charge in [0.1, 0.15) is 11.5 Å². The van der Waals surface area contributed by atoms with Crippen molar-refractivity contribution in [3.05, 3.63) is 23.3 Å². The molecule has 0 fully saturated rings. The molecule has 1 aromatic rings. The highest BCUT2D eigenvalue weighted by atomic mass is 16.5. The second-order valence-electron chi connectivity index (χ2n) is 4.52. The molecule has 4 heteroatoms. The van der Waals surface area contributed by atoms with Crippen LogP contribution in [0.5, 0.6) is 11.5 Å². The second-order valence-corrected chi connectivity index (χ2v) is 4.52. The van der Waals surface area contributed by atoms with Gasteiger partial charge in [0.05, 0.1) is 25.3 Å². The number of ether oxygens (including phenoxy) is 2. The number of benzene rings is 1. The first kappa shape index (κ1) is 13.5. The van der Waals surface area contributed by atoms with Crippen molar-refractivity contribution >= 4 is 5.78 Å². The van der Waals surface area contributed by atoms with Gasteiger partial charge in [0.2, 0.25) is 0 Å². The van der Waals surface area contributed by atoms with Gasteiger partial charge in [-0.05, 0) is 32.9 Å². The summed E-state index contributed by atoms with van der Waals surface area (Å²) in [6.07, 6.45) is 0. The van der Waals surface area contributed by atoms with Crippen molar-refractivity contribution in [2.45, 2.75) is 26.3 Å². The molecule has 0 spiro atoms. The molecule has 94 valence electrons. The van der Waals surface area contributed by atoms with Gasteiger partial charge in [-0.2, -0.15) is 0 Å². The van der Waals surface area contributed by atoms with Crippen LogP contribution in [0.15, 0.2) is 12.1 Å². The lowest BCUT2D eigenvalue weighted by atomic mass is 9.92. The van der Waals surface area contributed by atoms with Crippen LogP contribution in [0.2, 0.25) is 0 Å². The number of rotatable bonds is 4. The summed E-state index contributed by atoms with van der Waals surface area (Å²) in [5.74, 6) is 1.06. The molecule has 0 amide bonds. The summed E-state index contributed by atoms with van der Waals surface area (Å²) in [6, 6.07) is 3.43. The van der Waals surface area contributed by atoms with Gasteiger partial charge in [0.15, 0.2) is 5.78 Å². The van der Waals surface area contributed by atoms with E-state index in [9.17, 15) is 4.79 Å². The van der Waals surface area contributed by atoms with E-state index in [0.29, 0.717) is 17.1 Å². The quantitative estimate of drug-likeness (QED) is 0.813. The highest BCUT2D eigenvalue weighted by Gasteiger charge is 2.27. The molecule has 1 aromatic carbocycles. The predicted molar refractivity (Wildman–Crippen MR) is 66.9 cm³/mol. The van der Waals surface area contributed by atoms with Crippen LogP contribution >= 0.6 is 0 Å². The monoisotopic (exact) mass is 237 g/mol. The normalized spacial score (nSPS) is 11.2. The zero-order valence-corrected chi connectivity index (χ0v) is 11.0. The van der Waals surface area contributed by atoms with Gasteiger partial charge in [0, 0.05) is 5.56 Å². The van der Waals surface area contributed by atoms with E-state index in [1.54, 1.807) is 33.1 Å². The minimum absolute atomic E-state index is 0.153. The van der Waals surface area contributed by atoms with Crippen LogP contribution < -0.4 is 15.2 Å². The van der Waals surface area contributed by atoms with Gasteiger partial charge in [-0.3, -0.25) is 4.79 Å². The molecule has 0 atom stereocenters. The van der Waals surface area contributed by atoms with E-state index >= 15 is 0 Å². The third kappa shape index (κ3) is 2.58. The highest BCUT2D eigenvalue weighted by molar-refractivity contribution is 6.05. The molecular weight excluding hydrogens is 218 g/mol. The first-order valence-electron chi connectivity index (χ1n) is 5.38. The molecule has 0 saturated carbocycles. The number of hydrogen-bond donors (Lipinski definition) is 1. The molecule has 0 radical (unpaired) electrons. The number of carbonyl (C=O) groups is 1. The van der Waals surface area contributed by atoms with E-state index < -0.39 is 5.54 Å². The Morgan fingerprint density at radius 1 is 1.24 bits per heavy atom. The number of hydrogen-bond acceptors (Lipinski definition) is 4. The van der Waals surface area contributed by atoms with E-state index in [2.05, 4.69) is 0 Å². The zero-order chi connectivity index (χ0) is 13.2. The average Bonchev–Trinajstić information content (AvgIpc) is 2.26. The largest absolute Gasteiger partial charge is 0.496 e. The van der Waals surface area contributed by atoms with E-state index in [1.807, 2.05) is 6.92 Å². The van der Waals surface area contributed by atoms with Gasteiger partial charge in [-0.15, -0.1) is 0 Å². The summed E-state index contributed by atoms with van der Waals surface area (Å²) < 4.78 is 10.5. The maximum absolute atomic E-state index is 12.2. The second kappa shape index (κ2) is 4.75. The number of ketones is 1. The Morgan fingerprint density at radius 3 is 2.24 bits per heavy atom. The van der Waals surface area contributed by atoms with Crippen LogP contribution in [-0.2, 0) is 0 Å². The molecule has 0 bridgehead atoms. The van der Waals surface area contributed by atoms with E-state index in [-0.39, 0.29) is 5.78 Å². The fourth-order valence-electron chi connectivity index (χ4n) is 1.68. The first-order valence-corrected chi connectivity index (χ1v) is 5.38. The minimum atomic E-state index is -0.922. The summed E-state index contributed by atoms with van der Waals surface area (Å²) in [7, 11) is 3.11. The van der Waals surface area contributed by atoms with Crippen molar-refractivity contribution in [1.82, 2.24) is 0 Å². The van der Waals surface area contributed by atoms with Crippen LogP contribution in [0.1, 0.15) is 29.8 Å². The topological polar surface area (TPSA) is 61.5 Å². The van der Waals surface area contributed by atoms with Crippen molar-refractivity contribution in [2.75, 3.05) is 14.2 Å². The van der Waals surface area contributed by atoms with Crippen molar-refractivity contribution < 1.29 is 14.3 Å². The Balaban J connectivity index is 3.36. The van der Waals surface area contributed by atoms with Crippen LogP contribution in [0.4, 0.5) is 0 Å². The Labute approximate surface area is 102 Å². The van der Waals surface area contributed by atoms with Crippen molar-refractivity contribution in [3.63, 3.8) is 0 Å². The van der Waals surface area contributed by atoms with Gasteiger partial charge < -0.3 is 15.2 Å². The summed E-state index contributed by atoms with van der Waals surface area (Å²) >= 11 is 0. The standard InChI is InChI=1S/C13H19NO3/c1-8-10(16-4)7-6-9(11(8)17-5)12(15)13(2,3)14/h6-7H,14H2,1-5H3. The van der Waals surface area contributed by atoms with Crippen molar-refractivity contribution in [1.29, 1.82) is 0 Å². The smallest absolute Gasteiger partial charge is 0.185 e. The molecule has 0 unspecified atom stereocenters. The van der Waals surface area contributed by atoms with Crippen LogP contribution in [0, 0.1) is 6.92 Å². The maximum Gasteiger partial charge on any atom is 0.185 e. The lowest BCUT2D eigenvalue weighted by molar-refractivity contribution is 0.0910. The number of carbonyl (C=O) groups excluding carboxylic acids is 1. The molecule has 2 N–H and O–H groups in total. The lowest BCUT2D eigenvalue weighted by Crippen LogP contribution is -2.41. The van der Waals surface area contributed by atoms with Gasteiger partial charge in [-0.1, -0.05) is 0 Å². The Hall–Kier alpha value is -1.55. The summed E-state index contributed by atoms with van der Waals surface area (Å²) in [6.45, 7) is 5.20. The fourth-order valence-corrected chi connectivity index (χ4v) is 1.68. The van der Waals surface area contributed by atoms with E-state index in [4.69, 9.17) is 15.2 Å². The van der Waals surface area contributed by atoms with E-state index in [1.165, 1.54) is 7.11 Å². The van der Waals surface area contributed by atoms with Crippen molar-refractivity contribution in [2.24, 2.45) is 5.73 Å². The SMILES string of the molecule is COc1ccc(C(=O)C(C)(C)N)c(OC)c1C. The zero-order valence-electron chi connectivity index (χ0n) is 11.0. The molecule has 0 heterocycles. The van der Waals surface area contributed by atoms with Crippen LogP contribution in [0.25, 0.3) is 0 Å². The molecule has 0 aliphatic carbocycles. The number of methoxy groups -OCH3 is 2. The third-order valence-electron chi connectivity index (χ3n) is 2.61. The molecule has 17 heavy (non-hydrogen) atoms. The van der Waals surface area contributed by atoms with Crippen molar-refractivity contribution in [3.8, 4) is 11.5 Å². The lowest BCUT2D eigenvalue weighted by Gasteiger charge is -2.20. The highest BCUT2D eigenvalue weighted by Crippen LogP contribution is 2.32. The summed E-state index contributed by atoms with van der Waals surface area (Å²) in [5.41, 5.74) is 6.18. The summed E-state index contributed by atoms with van der Waals surface area (Å²) in [5, 5.41) is 0. The van der Waals surface area contributed by atoms with Crippen LogP contribution in [0.3, 0.4) is 0 Å².